The molecule has 1 aromatic carbocycles. The summed E-state index contributed by atoms with van der Waals surface area (Å²) in [4.78, 5) is 9.83. The third kappa shape index (κ3) is 3.11. The van der Waals surface area contributed by atoms with Crippen LogP contribution in [-0.4, -0.2) is 4.92 Å². The molecule has 0 saturated carbocycles. The molecular weight excluding hydrogens is 352 g/mol. The van der Waals surface area contributed by atoms with E-state index in [9.17, 15) is 18.9 Å². The predicted molar refractivity (Wildman–Crippen MR) is 68.2 cm³/mol. The summed E-state index contributed by atoms with van der Waals surface area (Å²) in [5.41, 5.74) is -2.75. The lowest BCUT2D eigenvalue weighted by atomic mass is 10.2. The minimum absolute atomic E-state index is 0.315. The van der Waals surface area contributed by atoms with Crippen LogP contribution in [0.25, 0.3) is 0 Å². The normalized spacial score (nSPS) is 8.95. The van der Waals surface area contributed by atoms with E-state index in [1.807, 2.05) is 0 Å². The summed E-state index contributed by atoms with van der Waals surface area (Å²) in [7, 11) is 0. The second-order valence-corrected chi connectivity index (χ2v) is 4.14. The Kier molecular flexibility index (Phi) is 4.90. The first-order valence-corrected chi connectivity index (χ1v) is 5.70. The van der Waals surface area contributed by atoms with Gasteiger partial charge < -0.3 is 5.32 Å². The Labute approximate surface area is 124 Å². The van der Waals surface area contributed by atoms with E-state index < -0.39 is 43.7 Å². The van der Waals surface area contributed by atoms with Crippen molar-refractivity contribution in [2.75, 3.05) is 5.32 Å². The maximum absolute atomic E-state index is 13.4. The molecule has 0 aromatic heterocycles. The van der Waals surface area contributed by atoms with Gasteiger partial charge in [0.1, 0.15) is 29.6 Å². The van der Waals surface area contributed by atoms with E-state index >= 15 is 0 Å². The number of halogens is 3. The molecule has 0 spiro atoms. The van der Waals surface area contributed by atoms with Crippen molar-refractivity contribution in [2.24, 2.45) is 0 Å². The summed E-state index contributed by atoms with van der Waals surface area (Å²) in [5.74, 6) is -2.89. The molecule has 0 radical (unpaired) electrons. The summed E-state index contributed by atoms with van der Waals surface area (Å²) in [5, 5.41) is 39.1. The van der Waals surface area contributed by atoms with Gasteiger partial charge in [-0.1, -0.05) is 0 Å². The fourth-order valence-corrected chi connectivity index (χ4v) is 1.75. The van der Waals surface area contributed by atoms with E-state index in [-0.39, 0.29) is 0 Å². The highest BCUT2D eigenvalue weighted by atomic mass is 79.9. The first-order valence-electron chi connectivity index (χ1n) is 4.90. The first kappa shape index (κ1) is 16.0. The molecule has 0 aliphatic heterocycles. The number of allylic oxidation sites excluding steroid dienone is 2. The molecule has 21 heavy (non-hydrogen) atoms. The van der Waals surface area contributed by atoms with Crippen LogP contribution in [0.1, 0.15) is 0 Å². The zero-order chi connectivity index (χ0) is 16.2. The molecule has 0 heterocycles. The van der Waals surface area contributed by atoms with Crippen LogP contribution in [0.4, 0.5) is 20.2 Å². The van der Waals surface area contributed by atoms with Crippen LogP contribution in [0.5, 0.6) is 0 Å². The Bertz CT molecular complexity index is 770. The molecule has 0 fully saturated rings. The third-order valence-corrected chi connectivity index (χ3v) is 2.92. The molecule has 104 valence electrons. The average molecular weight is 354 g/mol. The minimum Gasteiger partial charge on any atom is -0.338 e. The molecule has 0 aliphatic carbocycles. The lowest BCUT2D eigenvalue weighted by molar-refractivity contribution is -0.384. The second kappa shape index (κ2) is 6.42. The lowest BCUT2D eigenvalue weighted by Gasteiger charge is -2.09. The smallest absolute Gasteiger partial charge is 0.297 e. The van der Waals surface area contributed by atoms with E-state index in [1.165, 1.54) is 18.2 Å². The van der Waals surface area contributed by atoms with Gasteiger partial charge in [0.25, 0.3) is 5.69 Å². The molecule has 10 heteroatoms. The first-order chi connectivity index (χ1) is 9.87. The topological polar surface area (TPSA) is 127 Å². The largest absolute Gasteiger partial charge is 0.338 e. The van der Waals surface area contributed by atoms with Crippen LogP contribution < -0.4 is 5.32 Å². The van der Waals surface area contributed by atoms with E-state index in [0.717, 1.165) is 0 Å². The molecule has 0 bridgehead atoms. The zero-order valence-corrected chi connectivity index (χ0v) is 11.4. The second-order valence-electron chi connectivity index (χ2n) is 3.35. The van der Waals surface area contributed by atoms with Crippen LogP contribution in [0, 0.1) is 55.7 Å². The highest BCUT2D eigenvalue weighted by molar-refractivity contribution is 9.10. The van der Waals surface area contributed by atoms with Crippen molar-refractivity contribution >= 4 is 27.3 Å². The van der Waals surface area contributed by atoms with Crippen LogP contribution in [-0.2, 0) is 0 Å². The number of rotatable bonds is 3. The number of nitrogens with zero attached hydrogens (tertiary/aromatic N) is 4. The molecule has 0 saturated heterocycles. The highest BCUT2D eigenvalue weighted by Crippen LogP contribution is 2.37. The predicted octanol–water partition coefficient (Wildman–Crippen LogP) is 2.87. The summed E-state index contributed by atoms with van der Waals surface area (Å²) >= 11 is 2.62. The fraction of sp³-hybridized carbons (Fsp3) is 0. The third-order valence-electron chi connectivity index (χ3n) is 2.17. The van der Waals surface area contributed by atoms with Crippen molar-refractivity contribution in [3.8, 4) is 18.2 Å². The van der Waals surface area contributed by atoms with Gasteiger partial charge in [0.15, 0.2) is 17.2 Å². The van der Waals surface area contributed by atoms with Gasteiger partial charge in [0, 0.05) is 0 Å². The number of anilines is 1. The van der Waals surface area contributed by atoms with Crippen LogP contribution in [0.3, 0.4) is 0 Å². The van der Waals surface area contributed by atoms with Crippen LogP contribution in [0.2, 0.25) is 0 Å². The molecule has 7 nitrogen and oxygen atoms in total. The molecule has 1 rings (SSSR count). The van der Waals surface area contributed by atoms with Gasteiger partial charge in [-0.25, -0.2) is 8.78 Å². The molecular formula is C11H2BrF2N5O2. The van der Waals surface area contributed by atoms with Crippen molar-refractivity contribution < 1.29 is 13.7 Å². The molecule has 0 unspecified atom stereocenters. The lowest BCUT2D eigenvalue weighted by Crippen LogP contribution is -2.06. The maximum Gasteiger partial charge on any atom is 0.297 e. The van der Waals surface area contributed by atoms with E-state index in [1.54, 1.807) is 0 Å². The Morgan fingerprint density at radius 2 is 1.86 bits per heavy atom. The van der Waals surface area contributed by atoms with Gasteiger partial charge in [-0.3, -0.25) is 10.1 Å². The molecule has 1 N–H and O–H groups in total. The summed E-state index contributed by atoms with van der Waals surface area (Å²) in [6.45, 7) is 0. The molecule has 0 atom stereocenters. The van der Waals surface area contributed by atoms with Gasteiger partial charge in [-0.15, -0.1) is 0 Å². The number of nitrogens with one attached hydrogen (secondary N) is 1. The van der Waals surface area contributed by atoms with Crippen molar-refractivity contribution in [2.45, 2.75) is 0 Å². The molecule has 1 aromatic rings. The number of hydrogen-bond donors (Lipinski definition) is 1. The van der Waals surface area contributed by atoms with Gasteiger partial charge in [-0.05, 0) is 15.9 Å². The average Bonchev–Trinajstić information content (AvgIpc) is 2.46. The van der Waals surface area contributed by atoms with Crippen molar-refractivity contribution in [3.63, 3.8) is 0 Å². The Balaban J connectivity index is 3.60. The van der Waals surface area contributed by atoms with Crippen molar-refractivity contribution in [1.82, 2.24) is 0 Å². The minimum atomic E-state index is -1.47. The van der Waals surface area contributed by atoms with Gasteiger partial charge in [0.05, 0.1) is 15.5 Å². The number of nitro groups is 1. The monoisotopic (exact) mass is 353 g/mol. The van der Waals surface area contributed by atoms with Crippen molar-refractivity contribution in [1.29, 1.82) is 15.8 Å². The molecule has 0 amide bonds. The van der Waals surface area contributed by atoms with Crippen LogP contribution in [0.15, 0.2) is 21.8 Å². The number of benzene rings is 1. The highest BCUT2D eigenvalue weighted by Gasteiger charge is 2.25. The van der Waals surface area contributed by atoms with Gasteiger partial charge in [0.2, 0.25) is 0 Å². The Morgan fingerprint density at radius 3 is 2.29 bits per heavy atom. The van der Waals surface area contributed by atoms with E-state index in [0.29, 0.717) is 6.07 Å². The van der Waals surface area contributed by atoms with Crippen LogP contribution >= 0.6 is 15.9 Å². The molecule has 0 aliphatic rings. The van der Waals surface area contributed by atoms with Gasteiger partial charge in [-0.2, -0.15) is 15.8 Å². The summed E-state index contributed by atoms with van der Waals surface area (Å²) in [6, 6.07) is 4.55. The number of nitro benzene ring substituents is 1. The SMILES string of the molecule is N#CC(C#N)=C(C#N)Nc1c([N+](=O)[O-])cc(F)c(F)c1Br. The number of nitriles is 3. The Morgan fingerprint density at radius 1 is 1.29 bits per heavy atom. The summed E-state index contributed by atoms with van der Waals surface area (Å²) in [6.07, 6.45) is 0. The Hall–Kier alpha value is -3.03. The standard InChI is InChI=1S/C11H2BrF2N5O2/c12-9-10(14)6(13)1-8(19(20)21)11(9)18-7(4-17)5(2-15)3-16/h1,18H. The van der Waals surface area contributed by atoms with Gasteiger partial charge >= 0.3 is 0 Å². The quantitative estimate of drug-likeness (QED) is 0.385. The maximum atomic E-state index is 13.4. The fourth-order valence-electron chi connectivity index (χ4n) is 1.25. The summed E-state index contributed by atoms with van der Waals surface area (Å²) < 4.78 is 26.0. The zero-order valence-electron chi connectivity index (χ0n) is 9.82. The van der Waals surface area contributed by atoms with Crippen molar-refractivity contribution in [3.05, 3.63) is 43.6 Å². The van der Waals surface area contributed by atoms with E-state index in [4.69, 9.17) is 15.8 Å². The van der Waals surface area contributed by atoms with E-state index in [2.05, 4.69) is 21.2 Å². The number of hydrogen-bond acceptors (Lipinski definition) is 6.